The summed E-state index contributed by atoms with van der Waals surface area (Å²) in [7, 11) is 0. The second kappa shape index (κ2) is 8.50. The van der Waals surface area contributed by atoms with Gasteiger partial charge in [-0.1, -0.05) is 41.3 Å². The number of aromatic nitrogens is 6. The molecule has 0 spiro atoms. The van der Waals surface area contributed by atoms with Gasteiger partial charge in [0.25, 0.3) is 0 Å². The molecule has 1 aromatic carbocycles. The number of para-hydroxylation sites is 1. The van der Waals surface area contributed by atoms with Crippen molar-refractivity contribution in [2.24, 2.45) is 0 Å². The molecule has 3 aromatic heterocycles. The molecule has 10 heteroatoms. The highest BCUT2D eigenvalue weighted by Crippen LogP contribution is 2.30. The van der Waals surface area contributed by atoms with Gasteiger partial charge < -0.3 is 0 Å². The zero-order valence-corrected chi connectivity index (χ0v) is 17.3. The van der Waals surface area contributed by atoms with Crippen LogP contribution in [0.1, 0.15) is 11.9 Å². The molecule has 0 saturated heterocycles. The van der Waals surface area contributed by atoms with E-state index in [-0.39, 0.29) is 5.91 Å². The van der Waals surface area contributed by atoms with Gasteiger partial charge in [-0.05, 0) is 38.1 Å². The molecule has 0 aliphatic heterocycles. The second-order valence-electron chi connectivity index (χ2n) is 6.09. The number of amides is 1. The summed E-state index contributed by atoms with van der Waals surface area (Å²) in [5, 5.41) is 20.9. The number of pyridine rings is 1. The van der Waals surface area contributed by atoms with E-state index < -0.39 is 5.25 Å². The third-order valence-electron chi connectivity index (χ3n) is 3.98. The van der Waals surface area contributed by atoms with Gasteiger partial charge in [-0.15, -0.1) is 20.4 Å². The fourth-order valence-electron chi connectivity index (χ4n) is 2.60. The van der Waals surface area contributed by atoms with E-state index in [2.05, 4.69) is 30.7 Å². The first-order chi connectivity index (χ1) is 14.1. The number of carbonyl (C=O) groups is 1. The predicted molar refractivity (Wildman–Crippen MR) is 113 cm³/mol. The largest absolute Gasteiger partial charge is 0.300 e. The van der Waals surface area contributed by atoms with E-state index in [1.165, 1.54) is 23.1 Å². The lowest BCUT2D eigenvalue weighted by Gasteiger charge is -2.13. The standard InChI is InChI=1S/C19H17N7OS2/c1-12(17(27)21-18-24-22-13(2)29-18)28-19-25-23-16(14-7-6-10-20-11-14)26(19)15-8-4-3-5-9-15/h3-12H,1-2H3,(H,21,24,27)/t12-/m0/s1. The van der Waals surface area contributed by atoms with Crippen LogP contribution in [0, 0.1) is 6.92 Å². The molecule has 29 heavy (non-hydrogen) atoms. The van der Waals surface area contributed by atoms with E-state index in [0.717, 1.165) is 16.3 Å². The highest BCUT2D eigenvalue weighted by molar-refractivity contribution is 8.00. The Balaban J connectivity index is 1.63. The van der Waals surface area contributed by atoms with Crippen molar-refractivity contribution in [3.63, 3.8) is 0 Å². The normalized spacial score (nSPS) is 11.9. The molecule has 0 bridgehead atoms. The minimum atomic E-state index is -0.410. The zero-order chi connectivity index (χ0) is 20.2. The maximum atomic E-state index is 12.6. The van der Waals surface area contributed by atoms with Gasteiger partial charge in [-0.2, -0.15) is 0 Å². The smallest absolute Gasteiger partial charge is 0.239 e. The van der Waals surface area contributed by atoms with Crippen LogP contribution in [0.25, 0.3) is 17.1 Å². The van der Waals surface area contributed by atoms with Gasteiger partial charge in [0.2, 0.25) is 11.0 Å². The van der Waals surface area contributed by atoms with Crippen LogP contribution >= 0.6 is 23.1 Å². The molecule has 0 aliphatic carbocycles. The average molecular weight is 424 g/mol. The fourth-order valence-corrected chi connectivity index (χ4v) is 4.07. The summed E-state index contributed by atoms with van der Waals surface area (Å²) >= 11 is 2.67. The number of benzene rings is 1. The van der Waals surface area contributed by atoms with Crippen LogP contribution in [-0.4, -0.2) is 41.1 Å². The molecular weight excluding hydrogens is 406 g/mol. The zero-order valence-electron chi connectivity index (χ0n) is 15.7. The molecule has 0 fully saturated rings. The Labute approximate surface area is 175 Å². The molecule has 146 valence electrons. The van der Waals surface area contributed by atoms with E-state index in [1.54, 1.807) is 12.4 Å². The molecule has 0 radical (unpaired) electrons. The molecule has 0 unspecified atom stereocenters. The summed E-state index contributed by atoms with van der Waals surface area (Å²) in [6.07, 6.45) is 3.45. The summed E-state index contributed by atoms with van der Waals surface area (Å²) in [5.41, 5.74) is 1.75. The van der Waals surface area contributed by atoms with Gasteiger partial charge in [0, 0.05) is 23.6 Å². The lowest BCUT2D eigenvalue weighted by molar-refractivity contribution is -0.115. The van der Waals surface area contributed by atoms with Gasteiger partial charge in [0.1, 0.15) is 5.01 Å². The number of thioether (sulfide) groups is 1. The minimum Gasteiger partial charge on any atom is -0.300 e. The van der Waals surface area contributed by atoms with Crippen molar-refractivity contribution >= 4 is 34.1 Å². The highest BCUT2D eigenvalue weighted by atomic mass is 32.2. The monoisotopic (exact) mass is 423 g/mol. The Bertz CT molecular complexity index is 1110. The van der Waals surface area contributed by atoms with Crippen LogP contribution in [0.4, 0.5) is 5.13 Å². The van der Waals surface area contributed by atoms with Gasteiger partial charge in [0.15, 0.2) is 11.0 Å². The van der Waals surface area contributed by atoms with Crippen LogP contribution in [0.5, 0.6) is 0 Å². The predicted octanol–water partition coefficient (Wildman–Crippen LogP) is 3.61. The van der Waals surface area contributed by atoms with Crippen LogP contribution in [0.15, 0.2) is 60.0 Å². The average Bonchev–Trinajstić information content (AvgIpc) is 3.35. The Morgan fingerprint density at radius 1 is 1.10 bits per heavy atom. The minimum absolute atomic E-state index is 0.170. The molecule has 4 aromatic rings. The molecule has 0 aliphatic rings. The van der Waals surface area contributed by atoms with Crippen molar-refractivity contribution in [2.45, 2.75) is 24.3 Å². The molecule has 8 nitrogen and oxygen atoms in total. The van der Waals surface area contributed by atoms with Crippen LogP contribution < -0.4 is 5.32 Å². The third kappa shape index (κ3) is 4.33. The van der Waals surface area contributed by atoms with E-state index in [1.807, 2.05) is 60.9 Å². The molecule has 3 heterocycles. The summed E-state index contributed by atoms with van der Waals surface area (Å²) in [5.74, 6) is 0.496. The maximum Gasteiger partial charge on any atom is 0.239 e. The number of nitrogens with zero attached hydrogens (tertiary/aromatic N) is 6. The Kier molecular flexibility index (Phi) is 5.63. The van der Waals surface area contributed by atoms with Gasteiger partial charge in [-0.25, -0.2) is 0 Å². The van der Waals surface area contributed by atoms with E-state index in [4.69, 9.17) is 0 Å². The van der Waals surface area contributed by atoms with Crippen molar-refractivity contribution in [1.82, 2.24) is 29.9 Å². The van der Waals surface area contributed by atoms with Crippen LogP contribution in [0.3, 0.4) is 0 Å². The SMILES string of the molecule is Cc1nnc(NC(=O)[C@H](C)Sc2nnc(-c3cccnc3)n2-c2ccccc2)s1. The summed E-state index contributed by atoms with van der Waals surface area (Å²) in [6.45, 7) is 3.66. The Hall–Kier alpha value is -3.11. The number of aryl methyl sites for hydroxylation is 1. The number of carbonyl (C=O) groups excluding carboxylic acids is 1. The second-order valence-corrected chi connectivity index (χ2v) is 8.58. The Morgan fingerprint density at radius 3 is 2.62 bits per heavy atom. The molecule has 1 amide bonds. The first-order valence-electron chi connectivity index (χ1n) is 8.80. The first kappa shape index (κ1) is 19.2. The summed E-state index contributed by atoms with van der Waals surface area (Å²) in [4.78, 5) is 16.8. The number of hydrogen-bond donors (Lipinski definition) is 1. The van der Waals surface area contributed by atoms with Crippen molar-refractivity contribution in [1.29, 1.82) is 0 Å². The van der Waals surface area contributed by atoms with Crippen molar-refractivity contribution < 1.29 is 4.79 Å². The van der Waals surface area contributed by atoms with Crippen LogP contribution in [-0.2, 0) is 4.79 Å². The molecule has 0 saturated carbocycles. The quantitative estimate of drug-likeness (QED) is 0.473. The fraction of sp³-hybridized carbons (Fsp3) is 0.158. The number of hydrogen-bond acceptors (Lipinski definition) is 8. The van der Waals surface area contributed by atoms with E-state index in [9.17, 15) is 4.79 Å². The van der Waals surface area contributed by atoms with E-state index >= 15 is 0 Å². The lowest BCUT2D eigenvalue weighted by Crippen LogP contribution is -2.22. The number of nitrogens with one attached hydrogen (secondary N) is 1. The van der Waals surface area contributed by atoms with Gasteiger partial charge in [-0.3, -0.25) is 19.7 Å². The third-order valence-corrected chi connectivity index (χ3v) is 5.77. The Morgan fingerprint density at radius 2 is 1.93 bits per heavy atom. The summed E-state index contributed by atoms with van der Waals surface area (Å²) in [6, 6.07) is 13.6. The molecule has 1 atom stereocenters. The van der Waals surface area contributed by atoms with Gasteiger partial charge in [0.05, 0.1) is 5.25 Å². The van der Waals surface area contributed by atoms with Crippen molar-refractivity contribution in [3.8, 4) is 17.1 Å². The highest BCUT2D eigenvalue weighted by Gasteiger charge is 2.22. The molecular formula is C19H17N7OS2. The summed E-state index contributed by atoms with van der Waals surface area (Å²) < 4.78 is 1.93. The lowest BCUT2D eigenvalue weighted by atomic mass is 10.2. The number of rotatable bonds is 6. The molecule has 1 N–H and O–H groups in total. The van der Waals surface area contributed by atoms with E-state index in [0.29, 0.717) is 16.1 Å². The maximum absolute atomic E-state index is 12.6. The van der Waals surface area contributed by atoms with Crippen molar-refractivity contribution in [3.05, 3.63) is 59.9 Å². The topological polar surface area (TPSA) is 98.5 Å². The first-order valence-corrected chi connectivity index (χ1v) is 10.5. The molecule has 4 rings (SSSR count). The van der Waals surface area contributed by atoms with Crippen LogP contribution in [0.2, 0.25) is 0 Å². The van der Waals surface area contributed by atoms with Crippen molar-refractivity contribution in [2.75, 3.05) is 5.32 Å². The number of anilines is 1. The van der Waals surface area contributed by atoms with Gasteiger partial charge >= 0.3 is 0 Å².